The summed E-state index contributed by atoms with van der Waals surface area (Å²) in [4.78, 5) is 12.3. The lowest BCUT2D eigenvalue weighted by Gasteiger charge is -2.22. The highest BCUT2D eigenvalue weighted by Gasteiger charge is 2.16. The molecule has 0 spiro atoms. The monoisotopic (exact) mass is 480 g/mol. The largest absolute Gasteiger partial charge is 0.494 e. The number of carbonyl (C=O) groups excluding carboxylic acids is 1. The van der Waals surface area contributed by atoms with Gasteiger partial charge in [-0.3, -0.25) is 4.79 Å². The van der Waals surface area contributed by atoms with Crippen LogP contribution in [0, 0.1) is 0 Å². The van der Waals surface area contributed by atoms with Gasteiger partial charge < -0.3 is 19.4 Å². The van der Waals surface area contributed by atoms with Gasteiger partial charge in [0.2, 0.25) is 5.91 Å². The number of carbonyl (C=O) groups is 1. The molecule has 4 rings (SSSR count). The van der Waals surface area contributed by atoms with E-state index in [1.807, 2.05) is 54.9 Å². The second-order valence-electron chi connectivity index (χ2n) is 8.44. The SMILES string of the molecule is CCOc1ccc(NC(=O)CSc2nnc(COc3ccc(C4CCCCC4)cc3)n2C)cc1. The maximum Gasteiger partial charge on any atom is 0.234 e. The van der Waals surface area contributed by atoms with Crippen molar-refractivity contribution in [2.24, 2.45) is 7.05 Å². The Morgan fingerprint density at radius 3 is 2.38 bits per heavy atom. The van der Waals surface area contributed by atoms with Gasteiger partial charge >= 0.3 is 0 Å². The Balaban J connectivity index is 1.24. The standard InChI is InChI=1S/C26H32N4O3S/c1-3-32-22-15-11-21(12-16-22)27-25(31)18-34-26-29-28-24(30(26)2)17-33-23-13-9-20(10-14-23)19-7-5-4-6-8-19/h9-16,19H,3-8,17-18H2,1-2H3,(H,27,31). The van der Waals surface area contributed by atoms with Crippen molar-refractivity contribution in [3.8, 4) is 11.5 Å². The van der Waals surface area contributed by atoms with E-state index >= 15 is 0 Å². The fourth-order valence-electron chi connectivity index (χ4n) is 4.14. The van der Waals surface area contributed by atoms with Crippen LogP contribution in [0.3, 0.4) is 0 Å². The third kappa shape index (κ3) is 6.53. The summed E-state index contributed by atoms with van der Waals surface area (Å²) in [6.45, 7) is 2.87. The second kappa shape index (κ2) is 11.9. The molecule has 0 bridgehead atoms. The molecule has 8 heteroatoms. The van der Waals surface area contributed by atoms with Crippen LogP contribution in [0.1, 0.15) is 56.3 Å². The van der Waals surface area contributed by atoms with Gasteiger partial charge in [-0.15, -0.1) is 10.2 Å². The number of thioether (sulfide) groups is 1. The highest BCUT2D eigenvalue weighted by Crippen LogP contribution is 2.33. The maximum absolute atomic E-state index is 12.3. The second-order valence-corrected chi connectivity index (χ2v) is 9.39. The average molecular weight is 481 g/mol. The number of anilines is 1. The van der Waals surface area contributed by atoms with E-state index in [0.29, 0.717) is 30.1 Å². The van der Waals surface area contributed by atoms with Gasteiger partial charge in [-0.1, -0.05) is 43.2 Å². The van der Waals surface area contributed by atoms with Crippen LogP contribution in [-0.2, 0) is 18.4 Å². The highest BCUT2D eigenvalue weighted by molar-refractivity contribution is 7.99. The van der Waals surface area contributed by atoms with Crippen LogP contribution in [0.4, 0.5) is 5.69 Å². The number of nitrogens with zero attached hydrogens (tertiary/aromatic N) is 3. The van der Waals surface area contributed by atoms with E-state index in [0.717, 1.165) is 17.2 Å². The minimum Gasteiger partial charge on any atom is -0.494 e. The van der Waals surface area contributed by atoms with Crippen molar-refractivity contribution in [3.63, 3.8) is 0 Å². The summed E-state index contributed by atoms with van der Waals surface area (Å²) in [6.07, 6.45) is 6.61. The van der Waals surface area contributed by atoms with E-state index in [9.17, 15) is 4.79 Å². The first-order valence-electron chi connectivity index (χ1n) is 11.9. The zero-order valence-corrected chi connectivity index (χ0v) is 20.6. The number of hydrogen-bond acceptors (Lipinski definition) is 6. The summed E-state index contributed by atoms with van der Waals surface area (Å²) >= 11 is 1.34. The van der Waals surface area contributed by atoms with Gasteiger partial charge in [0.25, 0.3) is 0 Å². The third-order valence-corrected chi connectivity index (χ3v) is 7.05. The number of rotatable bonds is 10. The first-order valence-corrected chi connectivity index (χ1v) is 12.9. The molecule has 3 aromatic rings. The Kier molecular flexibility index (Phi) is 8.46. The molecular weight excluding hydrogens is 448 g/mol. The first-order chi connectivity index (χ1) is 16.6. The lowest BCUT2D eigenvalue weighted by atomic mass is 9.84. The maximum atomic E-state index is 12.3. The normalized spacial score (nSPS) is 14.1. The molecule has 1 heterocycles. The van der Waals surface area contributed by atoms with Gasteiger partial charge in [0.05, 0.1) is 12.4 Å². The quantitative estimate of drug-likeness (QED) is 0.382. The van der Waals surface area contributed by atoms with Crippen LogP contribution in [0.5, 0.6) is 11.5 Å². The summed E-state index contributed by atoms with van der Waals surface area (Å²) < 4.78 is 13.2. The van der Waals surface area contributed by atoms with E-state index in [-0.39, 0.29) is 11.7 Å². The van der Waals surface area contributed by atoms with Crippen molar-refractivity contribution in [2.45, 2.75) is 56.7 Å². The molecule has 1 N–H and O–H groups in total. The molecular formula is C26H32N4O3S. The zero-order valence-electron chi connectivity index (χ0n) is 19.8. The van der Waals surface area contributed by atoms with Crippen LogP contribution in [-0.4, -0.2) is 33.0 Å². The molecule has 34 heavy (non-hydrogen) atoms. The van der Waals surface area contributed by atoms with Gasteiger partial charge in [0, 0.05) is 12.7 Å². The number of ether oxygens (including phenoxy) is 2. The third-order valence-electron chi connectivity index (χ3n) is 6.03. The van der Waals surface area contributed by atoms with E-state index in [1.54, 1.807) is 0 Å². The topological polar surface area (TPSA) is 78.3 Å². The van der Waals surface area contributed by atoms with Crippen molar-refractivity contribution in [1.82, 2.24) is 14.8 Å². The van der Waals surface area contributed by atoms with Crippen LogP contribution < -0.4 is 14.8 Å². The summed E-state index contributed by atoms with van der Waals surface area (Å²) in [6, 6.07) is 15.8. The molecule has 0 radical (unpaired) electrons. The first kappa shape index (κ1) is 24.1. The van der Waals surface area contributed by atoms with Crippen molar-refractivity contribution in [1.29, 1.82) is 0 Å². The summed E-state index contributed by atoms with van der Waals surface area (Å²) in [7, 11) is 1.89. The van der Waals surface area contributed by atoms with E-state index < -0.39 is 0 Å². The molecule has 1 aliphatic rings. The number of hydrogen-bond donors (Lipinski definition) is 1. The van der Waals surface area contributed by atoms with Gasteiger partial charge in [-0.25, -0.2) is 0 Å². The molecule has 7 nitrogen and oxygen atoms in total. The molecule has 1 aliphatic carbocycles. The van der Waals surface area contributed by atoms with Gasteiger partial charge in [-0.05, 0) is 67.6 Å². The summed E-state index contributed by atoms with van der Waals surface area (Å²) in [5.41, 5.74) is 2.14. The van der Waals surface area contributed by atoms with Crippen molar-refractivity contribution >= 4 is 23.4 Å². The molecule has 1 aromatic heterocycles. The Morgan fingerprint density at radius 2 is 1.68 bits per heavy atom. The Hall–Kier alpha value is -3.00. The average Bonchev–Trinajstić information content (AvgIpc) is 3.23. The van der Waals surface area contributed by atoms with E-state index in [1.165, 1.54) is 49.4 Å². The zero-order chi connectivity index (χ0) is 23.8. The van der Waals surface area contributed by atoms with E-state index in [4.69, 9.17) is 9.47 Å². The Morgan fingerprint density at radius 1 is 1.00 bits per heavy atom. The molecule has 1 amide bonds. The van der Waals surface area contributed by atoms with Gasteiger partial charge in [0.15, 0.2) is 11.0 Å². The number of aromatic nitrogens is 3. The minimum absolute atomic E-state index is 0.104. The molecule has 0 unspecified atom stereocenters. The molecule has 2 aromatic carbocycles. The lowest BCUT2D eigenvalue weighted by molar-refractivity contribution is -0.113. The predicted octanol–water partition coefficient (Wildman–Crippen LogP) is 5.57. The van der Waals surface area contributed by atoms with Crippen LogP contribution in [0.25, 0.3) is 0 Å². The Bertz CT molecular complexity index is 1060. The smallest absolute Gasteiger partial charge is 0.234 e. The molecule has 0 atom stereocenters. The number of amides is 1. The summed E-state index contributed by atoms with van der Waals surface area (Å²) in [5, 5.41) is 12.0. The highest BCUT2D eigenvalue weighted by atomic mass is 32.2. The molecule has 180 valence electrons. The number of benzene rings is 2. The Labute approximate surface area is 205 Å². The van der Waals surface area contributed by atoms with Crippen LogP contribution >= 0.6 is 11.8 Å². The predicted molar refractivity (Wildman–Crippen MR) is 135 cm³/mol. The van der Waals surface area contributed by atoms with Gasteiger partial charge in [0.1, 0.15) is 18.1 Å². The lowest BCUT2D eigenvalue weighted by Crippen LogP contribution is -2.14. The van der Waals surface area contributed by atoms with Crippen molar-refractivity contribution < 1.29 is 14.3 Å². The molecule has 1 fully saturated rings. The van der Waals surface area contributed by atoms with Crippen LogP contribution in [0.15, 0.2) is 53.7 Å². The minimum atomic E-state index is -0.104. The summed E-state index contributed by atoms with van der Waals surface area (Å²) in [5.74, 6) is 3.14. The van der Waals surface area contributed by atoms with Crippen molar-refractivity contribution in [2.75, 3.05) is 17.7 Å². The number of nitrogens with one attached hydrogen (secondary N) is 1. The van der Waals surface area contributed by atoms with Crippen LogP contribution in [0.2, 0.25) is 0 Å². The molecule has 0 aliphatic heterocycles. The fraction of sp³-hybridized carbons (Fsp3) is 0.423. The molecule has 1 saturated carbocycles. The fourth-order valence-corrected chi connectivity index (χ4v) is 4.87. The van der Waals surface area contributed by atoms with Gasteiger partial charge in [-0.2, -0.15) is 0 Å². The molecule has 0 saturated heterocycles. The van der Waals surface area contributed by atoms with Crippen molar-refractivity contribution in [3.05, 3.63) is 59.9 Å². The van der Waals surface area contributed by atoms with E-state index in [2.05, 4.69) is 27.6 Å².